The van der Waals surface area contributed by atoms with Gasteiger partial charge in [-0.3, -0.25) is 0 Å². The summed E-state index contributed by atoms with van der Waals surface area (Å²) in [5, 5.41) is 0. The molecular weight excluding hydrogens is 268 g/mol. The van der Waals surface area contributed by atoms with Crippen molar-refractivity contribution in [3.8, 4) is 11.5 Å². The first kappa shape index (κ1) is 14.5. The smallest absolute Gasteiger partial charge is 0.339 e. The largest absolute Gasteiger partial charge is 0.423 e. The van der Waals surface area contributed by atoms with E-state index in [0.29, 0.717) is 11.5 Å². The van der Waals surface area contributed by atoms with Gasteiger partial charge in [-0.2, -0.15) is 0 Å². The summed E-state index contributed by atoms with van der Waals surface area (Å²) in [4.78, 5) is 23.5. The van der Waals surface area contributed by atoms with E-state index in [1.54, 1.807) is 48.5 Å². The van der Waals surface area contributed by atoms with Crippen LogP contribution in [-0.4, -0.2) is 11.9 Å². The standard InChI is InChI=1S/C17H14O4/c1-13(17(19)21-15-10-6-3-7-11-15)12-16(18)20-14-8-4-2-5-9-14/h2-12H,1H3. The molecule has 0 bridgehead atoms. The summed E-state index contributed by atoms with van der Waals surface area (Å²) in [6, 6.07) is 17.3. The maximum Gasteiger partial charge on any atom is 0.339 e. The zero-order valence-electron chi connectivity index (χ0n) is 11.5. The van der Waals surface area contributed by atoms with E-state index in [2.05, 4.69) is 0 Å². The van der Waals surface area contributed by atoms with Crippen LogP contribution in [0.15, 0.2) is 72.3 Å². The highest BCUT2D eigenvalue weighted by molar-refractivity contribution is 5.97. The highest BCUT2D eigenvalue weighted by Gasteiger charge is 2.10. The Balaban J connectivity index is 1.96. The van der Waals surface area contributed by atoms with Crippen molar-refractivity contribution in [1.82, 2.24) is 0 Å². The molecule has 0 aliphatic heterocycles. The molecule has 0 spiro atoms. The fourth-order valence-electron chi connectivity index (χ4n) is 1.55. The molecule has 4 nitrogen and oxygen atoms in total. The number of ether oxygens (including phenoxy) is 2. The van der Waals surface area contributed by atoms with E-state index in [1.807, 2.05) is 12.1 Å². The molecule has 21 heavy (non-hydrogen) atoms. The lowest BCUT2D eigenvalue weighted by molar-refractivity contribution is -0.132. The van der Waals surface area contributed by atoms with Crippen LogP contribution in [-0.2, 0) is 9.59 Å². The average Bonchev–Trinajstić information content (AvgIpc) is 2.49. The number of carbonyl (C=O) groups is 2. The maximum atomic E-state index is 11.8. The van der Waals surface area contributed by atoms with E-state index in [1.165, 1.54) is 6.92 Å². The molecule has 0 heterocycles. The van der Waals surface area contributed by atoms with Crippen molar-refractivity contribution in [2.75, 3.05) is 0 Å². The molecule has 2 aromatic carbocycles. The Morgan fingerprint density at radius 2 is 1.29 bits per heavy atom. The molecule has 0 atom stereocenters. The van der Waals surface area contributed by atoms with Crippen LogP contribution < -0.4 is 9.47 Å². The Kier molecular flexibility index (Phi) is 4.88. The first-order chi connectivity index (χ1) is 10.1. The van der Waals surface area contributed by atoms with E-state index >= 15 is 0 Å². The van der Waals surface area contributed by atoms with E-state index < -0.39 is 11.9 Å². The summed E-state index contributed by atoms with van der Waals surface area (Å²) in [5.41, 5.74) is 0.166. The highest BCUT2D eigenvalue weighted by Crippen LogP contribution is 2.12. The minimum Gasteiger partial charge on any atom is -0.423 e. The molecule has 0 amide bonds. The molecular formula is C17H14O4. The van der Waals surface area contributed by atoms with Gasteiger partial charge in [-0.1, -0.05) is 36.4 Å². The SMILES string of the molecule is CC(=CC(=O)Oc1ccccc1)C(=O)Oc1ccccc1. The average molecular weight is 282 g/mol. The summed E-state index contributed by atoms with van der Waals surface area (Å²) < 4.78 is 10.2. The van der Waals surface area contributed by atoms with E-state index in [0.717, 1.165) is 6.08 Å². The Morgan fingerprint density at radius 3 is 1.81 bits per heavy atom. The summed E-state index contributed by atoms with van der Waals surface area (Å²) >= 11 is 0. The van der Waals surface area contributed by atoms with Gasteiger partial charge in [0, 0.05) is 11.6 Å². The van der Waals surface area contributed by atoms with Crippen LogP contribution in [0.5, 0.6) is 11.5 Å². The first-order valence-corrected chi connectivity index (χ1v) is 6.37. The quantitative estimate of drug-likeness (QED) is 0.491. The predicted molar refractivity (Wildman–Crippen MR) is 77.9 cm³/mol. The fraction of sp³-hybridized carbons (Fsp3) is 0.0588. The lowest BCUT2D eigenvalue weighted by atomic mass is 10.3. The molecule has 4 heteroatoms. The molecule has 0 aliphatic carbocycles. The predicted octanol–water partition coefficient (Wildman–Crippen LogP) is 3.14. The van der Waals surface area contributed by atoms with Gasteiger partial charge in [-0.15, -0.1) is 0 Å². The first-order valence-electron chi connectivity index (χ1n) is 6.37. The lowest BCUT2D eigenvalue weighted by Gasteiger charge is -2.04. The molecule has 0 radical (unpaired) electrons. The molecule has 0 aromatic heterocycles. The van der Waals surface area contributed by atoms with Crippen molar-refractivity contribution < 1.29 is 19.1 Å². The number of hydrogen-bond donors (Lipinski definition) is 0. The highest BCUT2D eigenvalue weighted by atomic mass is 16.5. The lowest BCUT2D eigenvalue weighted by Crippen LogP contribution is -2.12. The van der Waals surface area contributed by atoms with Gasteiger partial charge >= 0.3 is 11.9 Å². The second-order valence-corrected chi connectivity index (χ2v) is 4.26. The normalized spacial score (nSPS) is 10.8. The van der Waals surface area contributed by atoms with Crippen LogP contribution in [0.2, 0.25) is 0 Å². The number of rotatable bonds is 4. The van der Waals surface area contributed by atoms with Crippen molar-refractivity contribution in [1.29, 1.82) is 0 Å². The van der Waals surface area contributed by atoms with E-state index in [-0.39, 0.29) is 5.57 Å². The van der Waals surface area contributed by atoms with Crippen molar-refractivity contribution in [3.05, 3.63) is 72.3 Å². The summed E-state index contributed by atoms with van der Waals surface area (Å²) in [7, 11) is 0. The molecule has 0 saturated carbocycles. The molecule has 0 aliphatic rings. The van der Waals surface area contributed by atoms with Crippen molar-refractivity contribution in [2.45, 2.75) is 6.92 Å². The van der Waals surface area contributed by atoms with Crippen LogP contribution >= 0.6 is 0 Å². The van der Waals surface area contributed by atoms with Gasteiger partial charge in [0.1, 0.15) is 11.5 Å². The second kappa shape index (κ2) is 7.05. The minimum absolute atomic E-state index is 0.166. The van der Waals surface area contributed by atoms with Crippen LogP contribution in [0.4, 0.5) is 0 Å². The summed E-state index contributed by atoms with van der Waals surface area (Å²) in [6.07, 6.45) is 1.11. The van der Waals surface area contributed by atoms with Gasteiger partial charge in [-0.25, -0.2) is 9.59 Å². The molecule has 0 N–H and O–H groups in total. The number of carbonyl (C=O) groups excluding carboxylic acids is 2. The van der Waals surface area contributed by atoms with Crippen LogP contribution in [0.3, 0.4) is 0 Å². The molecule has 106 valence electrons. The molecule has 0 saturated heterocycles. The van der Waals surface area contributed by atoms with Gasteiger partial charge in [-0.05, 0) is 31.2 Å². The van der Waals surface area contributed by atoms with Gasteiger partial charge in [0.25, 0.3) is 0 Å². The number of hydrogen-bond acceptors (Lipinski definition) is 4. The van der Waals surface area contributed by atoms with Gasteiger partial charge in [0.05, 0.1) is 0 Å². The molecule has 0 fully saturated rings. The molecule has 2 aromatic rings. The molecule has 2 rings (SSSR count). The van der Waals surface area contributed by atoms with Crippen LogP contribution in [0, 0.1) is 0 Å². The monoisotopic (exact) mass is 282 g/mol. The van der Waals surface area contributed by atoms with Gasteiger partial charge in [0.15, 0.2) is 0 Å². The zero-order chi connectivity index (χ0) is 15.1. The van der Waals surface area contributed by atoms with Crippen molar-refractivity contribution in [3.63, 3.8) is 0 Å². The van der Waals surface area contributed by atoms with Crippen molar-refractivity contribution in [2.24, 2.45) is 0 Å². The number of esters is 2. The Hall–Kier alpha value is -2.88. The summed E-state index contributed by atoms with van der Waals surface area (Å²) in [6.45, 7) is 1.50. The Labute approximate surface area is 122 Å². The van der Waals surface area contributed by atoms with Crippen LogP contribution in [0.1, 0.15) is 6.92 Å². The Bertz CT molecular complexity index is 645. The second-order valence-electron chi connectivity index (χ2n) is 4.26. The zero-order valence-corrected chi connectivity index (χ0v) is 11.5. The Morgan fingerprint density at radius 1 is 0.810 bits per heavy atom. The summed E-state index contributed by atoms with van der Waals surface area (Å²) in [5.74, 6) is -0.371. The topological polar surface area (TPSA) is 52.6 Å². The third kappa shape index (κ3) is 4.62. The van der Waals surface area contributed by atoms with E-state index in [4.69, 9.17) is 9.47 Å². The van der Waals surface area contributed by atoms with Gasteiger partial charge < -0.3 is 9.47 Å². The van der Waals surface area contributed by atoms with Gasteiger partial charge in [0.2, 0.25) is 0 Å². The van der Waals surface area contributed by atoms with Crippen molar-refractivity contribution >= 4 is 11.9 Å². The third-order valence-corrected chi connectivity index (χ3v) is 2.57. The molecule has 0 unspecified atom stereocenters. The fourth-order valence-corrected chi connectivity index (χ4v) is 1.55. The number of benzene rings is 2. The van der Waals surface area contributed by atoms with E-state index in [9.17, 15) is 9.59 Å². The maximum absolute atomic E-state index is 11.8. The minimum atomic E-state index is -0.622. The number of para-hydroxylation sites is 2. The van der Waals surface area contributed by atoms with Crippen LogP contribution in [0.25, 0.3) is 0 Å². The third-order valence-electron chi connectivity index (χ3n) is 2.57.